The van der Waals surface area contributed by atoms with Crippen LogP contribution in [0.15, 0.2) is 66.4 Å². The van der Waals surface area contributed by atoms with E-state index in [1.807, 2.05) is 6.07 Å². The summed E-state index contributed by atoms with van der Waals surface area (Å²) in [7, 11) is 0. The quantitative estimate of drug-likeness (QED) is 0.590. The molecule has 3 nitrogen and oxygen atoms in total. The van der Waals surface area contributed by atoms with Crippen LogP contribution in [0, 0.1) is 0 Å². The lowest BCUT2D eigenvalue weighted by Crippen LogP contribution is -2.24. The number of hydrogen-bond donors (Lipinski definition) is 0. The van der Waals surface area contributed by atoms with E-state index in [0.717, 1.165) is 32.1 Å². The molecular weight excluding hydrogens is 298 g/mol. The molecule has 1 atom stereocenters. The van der Waals surface area contributed by atoms with Gasteiger partial charge in [-0.25, -0.2) is 9.78 Å². The highest BCUT2D eigenvalue weighted by Gasteiger charge is 2.23. The molecule has 0 spiro atoms. The molecular formula is C21H23NO2. The standard InChI is InChI=1S/C21H23NO2/c23-21(19-14-6-7-16-22-19)24-20-15-5-4-12-18(20)13-8-11-17-9-2-1-3-10-17/h1-3,6-7,9-10,13-14,16,20H,4-5,8,11-12,15H2/b18-13+/t20-/m1/s1. The average molecular weight is 321 g/mol. The van der Waals surface area contributed by atoms with Gasteiger partial charge in [-0.05, 0) is 61.8 Å². The predicted octanol–water partition coefficient (Wildman–Crippen LogP) is 4.74. The molecule has 24 heavy (non-hydrogen) atoms. The fourth-order valence-electron chi connectivity index (χ4n) is 3.12. The third-order valence-corrected chi connectivity index (χ3v) is 4.40. The van der Waals surface area contributed by atoms with E-state index >= 15 is 0 Å². The van der Waals surface area contributed by atoms with Crippen LogP contribution in [0.5, 0.6) is 0 Å². The molecule has 0 bridgehead atoms. The molecule has 0 saturated heterocycles. The van der Waals surface area contributed by atoms with E-state index in [-0.39, 0.29) is 12.1 Å². The molecule has 1 aromatic heterocycles. The normalized spacial score (nSPS) is 19.2. The maximum absolute atomic E-state index is 12.2. The largest absolute Gasteiger partial charge is 0.453 e. The van der Waals surface area contributed by atoms with Crippen molar-refractivity contribution in [1.29, 1.82) is 0 Å². The molecule has 1 heterocycles. The molecule has 3 heteroatoms. The van der Waals surface area contributed by atoms with Gasteiger partial charge in [-0.2, -0.15) is 0 Å². The maximum Gasteiger partial charge on any atom is 0.357 e. The number of rotatable bonds is 5. The summed E-state index contributed by atoms with van der Waals surface area (Å²) < 4.78 is 5.72. The fraction of sp³-hybridized carbons (Fsp3) is 0.333. The summed E-state index contributed by atoms with van der Waals surface area (Å²) in [4.78, 5) is 16.3. The summed E-state index contributed by atoms with van der Waals surface area (Å²) in [6, 6.07) is 15.8. The number of aromatic nitrogens is 1. The van der Waals surface area contributed by atoms with Crippen molar-refractivity contribution in [1.82, 2.24) is 4.98 Å². The Bertz CT molecular complexity index is 679. The summed E-state index contributed by atoms with van der Waals surface area (Å²) in [5.41, 5.74) is 2.99. The predicted molar refractivity (Wildman–Crippen MR) is 94.8 cm³/mol. The number of ether oxygens (including phenoxy) is 1. The molecule has 0 amide bonds. The highest BCUT2D eigenvalue weighted by Crippen LogP contribution is 2.27. The lowest BCUT2D eigenvalue weighted by atomic mass is 9.90. The number of allylic oxidation sites excluding steroid dienone is 1. The summed E-state index contributed by atoms with van der Waals surface area (Å²) in [5, 5.41) is 0. The van der Waals surface area contributed by atoms with Crippen LogP contribution in [-0.2, 0) is 11.2 Å². The van der Waals surface area contributed by atoms with Crippen molar-refractivity contribution >= 4 is 5.97 Å². The van der Waals surface area contributed by atoms with E-state index in [9.17, 15) is 4.79 Å². The Morgan fingerprint density at radius 1 is 1.12 bits per heavy atom. The lowest BCUT2D eigenvalue weighted by Gasteiger charge is -2.25. The van der Waals surface area contributed by atoms with Gasteiger partial charge in [0.05, 0.1) is 0 Å². The highest BCUT2D eigenvalue weighted by molar-refractivity contribution is 5.87. The second-order valence-electron chi connectivity index (χ2n) is 6.16. The van der Waals surface area contributed by atoms with Crippen molar-refractivity contribution in [3.8, 4) is 0 Å². The number of nitrogens with zero attached hydrogens (tertiary/aromatic N) is 1. The molecule has 3 rings (SSSR count). The zero-order valence-electron chi connectivity index (χ0n) is 13.9. The molecule has 1 aliphatic carbocycles. The van der Waals surface area contributed by atoms with Crippen LogP contribution in [0.25, 0.3) is 0 Å². The van der Waals surface area contributed by atoms with Gasteiger partial charge in [0.25, 0.3) is 0 Å². The fourth-order valence-corrected chi connectivity index (χ4v) is 3.12. The number of benzene rings is 1. The molecule has 1 aliphatic rings. The number of esters is 1. The van der Waals surface area contributed by atoms with Crippen molar-refractivity contribution < 1.29 is 9.53 Å². The third-order valence-electron chi connectivity index (χ3n) is 4.40. The van der Waals surface area contributed by atoms with Crippen LogP contribution in [0.3, 0.4) is 0 Å². The van der Waals surface area contributed by atoms with Crippen LogP contribution in [0.4, 0.5) is 0 Å². The Morgan fingerprint density at radius 2 is 1.96 bits per heavy atom. The van der Waals surface area contributed by atoms with E-state index in [1.54, 1.807) is 24.4 Å². The number of carbonyl (C=O) groups is 1. The monoisotopic (exact) mass is 321 g/mol. The minimum Gasteiger partial charge on any atom is -0.453 e. The first kappa shape index (κ1) is 16.4. The summed E-state index contributed by atoms with van der Waals surface area (Å²) in [5.74, 6) is -0.323. The van der Waals surface area contributed by atoms with Gasteiger partial charge >= 0.3 is 5.97 Å². The highest BCUT2D eigenvalue weighted by atomic mass is 16.5. The summed E-state index contributed by atoms with van der Waals surface area (Å²) in [6.45, 7) is 0. The first-order valence-electron chi connectivity index (χ1n) is 8.68. The zero-order valence-corrected chi connectivity index (χ0v) is 13.9. The van der Waals surface area contributed by atoms with Crippen LogP contribution in [0.2, 0.25) is 0 Å². The SMILES string of the molecule is O=C(O[C@@H]1CCCC/C1=C\CCc1ccccc1)c1ccccn1. The topological polar surface area (TPSA) is 39.2 Å². The second kappa shape index (κ2) is 8.44. The first-order valence-corrected chi connectivity index (χ1v) is 8.68. The lowest BCUT2D eigenvalue weighted by molar-refractivity contribution is 0.0319. The van der Waals surface area contributed by atoms with E-state index < -0.39 is 0 Å². The molecule has 1 saturated carbocycles. The molecule has 0 radical (unpaired) electrons. The van der Waals surface area contributed by atoms with E-state index in [4.69, 9.17) is 4.74 Å². The summed E-state index contributed by atoms with van der Waals surface area (Å²) >= 11 is 0. The van der Waals surface area contributed by atoms with Crippen molar-refractivity contribution in [3.05, 3.63) is 77.6 Å². The van der Waals surface area contributed by atoms with Gasteiger partial charge in [0.2, 0.25) is 0 Å². The molecule has 1 fully saturated rings. The minimum atomic E-state index is -0.323. The summed E-state index contributed by atoms with van der Waals surface area (Å²) in [6.07, 6.45) is 10.0. The van der Waals surface area contributed by atoms with Gasteiger partial charge in [-0.1, -0.05) is 42.5 Å². The Labute approximate surface area is 143 Å². The van der Waals surface area contributed by atoms with Crippen LogP contribution in [-0.4, -0.2) is 17.1 Å². The zero-order chi connectivity index (χ0) is 16.6. The Morgan fingerprint density at radius 3 is 2.75 bits per heavy atom. The molecule has 1 aromatic carbocycles. The van der Waals surface area contributed by atoms with Gasteiger partial charge in [-0.15, -0.1) is 0 Å². The smallest absolute Gasteiger partial charge is 0.357 e. The van der Waals surface area contributed by atoms with E-state index in [0.29, 0.717) is 5.69 Å². The molecule has 0 unspecified atom stereocenters. The number of hydrogen-bond acceptors (Lipinski definition) is 3. The molecule has 0 aliphatic heterocycles. The van der Waals surface area contributed by atoms with Crippen LogP contribution in [0.1, 0.15) is 48.2 Å². The van der Waals surface area contributed by atoms with Gasteiger partial charge in [0.15, 0.2) is 0 Å². The number of pyridine rings is 1. The Hall–Kier alpha value is -2.42. The van der Waals surface area contributed by atoms with Gasteiger partial charge in [-0.3, -0.25) is 0 Å². The Balaban J connectivity index is 1.60. The molecule has 0 N–H and O–H groups in total. The maximum atomic E-state index is 12.2. The molecule has 2 aromatic rings. The average Bonchev–Trinajstić information content (AvgIpc) is 2.65. The Kier molecular flexibility index (Phi) is 5.78. The number of aryl methyl sites for hydroxylation is 1. The van der Waals surface area contributed by atoms with Crippen molar-refractivity contribution in [2.75, 3.05) is 0 Å². The first-order chi connectivity index (χ1) is 11.8. The van der Waals surface area contributed by atoms with E-state index in [1.165, 1.54) is 17.6 Å². The second-order valence-corrected chi connectivity index (χ2v) is 6.16. The van der Waals surface area contributed by atoms with Gasteiger partial charge < -0.3 is 4.74 Å². The van der Waals surface area contributed by atoms with Crippen LogP contribution >= 0.6 is 0 Å². The van der Waals surface area contributed by atoms with Crippen LogP contribution < -0.4 is 0 Å². The van der Waals surface area contributed by atoms with Crippen molar-refractivity contribution in [2.45, 2.75) is 44.6 Å². The third kappa shape index (κ3) is 4.54. The van der Waals surface area contributed by atoms with E-state index in [2.05, 4.69) is 35.3 Å². The number of carbonyl (C=O) groups excluding carboxylic acids is 1. The van der Waals surface area contributed by atoms with Gasteiger partial charge in [0, 0.05) is 6.20 Å². The van der Waals surface area contributed by atoms with Crippen molar-refractivity contribution in [3.63, 3.8) is 0 Å². The van der Waals surface area contributed by atoms with Crippen molar-refractivity contribution in [2.24, 2.45) is 0 Å². The van der Waals surface area contributed by atoms with Gasteiger partial charge in [0.1, 0.15) is 11.8 Å². The minimum absolute atomic E-state index is 0.0935. The molecule has 124 valence electrons.